The van der Waals surface area contributed by atoms with Crippen LogP contribution in [0.1, 0.15) is 44.6 Å². The molecule has 1 aromatic carbocycles. The van der Waals surface area contributed by atoms with E-state index >= 15 is 0 Å². The van der Waals surface area contributed by atoms with E-state index in [1.165, 1.54) is 25.7 Å². The third-order valence-electron chi connectivity index (χ3n) is 7.56. The minimum Gasteiger partial charge on any atom is -0.441 e. The fourth-order valence-corrected chi connectivity index (χ4v) is 5.86. The van der Waals surface area contributed by atoms with Crippen LogP contribution in [-0.2, 0) is 4.74 Å². The maximum atomic E-state index is 11.6. The van der Waals surface area contributed by atoms with Crippen LogP contribution in [0.3, 0.4) is 0 Å². The van der Waals surface area contributed by atoms with Crippen LogP contribution in [0.4, 0.5) is 10.5 Å². The van der Waals surface area contributed by atoms with E-state index in [1.54, 1.807) is 6.20 Å². The van der Waals surface area contributed by atoms with Gasteiger partial charge in [-0.05, 0) is 24.0 Å². The second kappa shape index (κ2) is 8.62. The van der Waals surface area contributed by atoms with Gasteiger partial charge in [0, 0.05) is 55.6 Å². The van der Waals surface area contributed by atoms with Crippen LogP contribution in [0.15, 0.2) is 49.1 Å². The molecule has 0 bridgehead atoms. The van der Waals surface area contributed by atoms with Crippen molar-refractivity contribution in [2.45, 2.75) is 50.2 Å². The lowest BCUT2D eigenvalue weighted by atomic mass is 9.91. The van der Waals surface area contributed by atoms with Gasteiger partial charge in [0.2, 0.25) is 0 Å². The Morgan fingerprint density at radius 3 is 2.44 bits per heavy atom. The van der Waals surface area contributed by atoms with E-state index in [0.29, 0.717) is 17.6 Å². The van der Waals surface area contributed by atoms with Crippen molar-refractivity contribution < 1.29 is 9.53 Å². The van der Waals surface area contributed by atoms with Gasteiger partial charge in [0.05, 0.1) is 29.5 Å². The molecular weight excluding hydrogens is 450 g/mol. The zero-order valence-corrected chi connectivity index (χ0v) is 19.8. The Kier molecular flexibility index (Phi) is 5.44. The summed E-state index contributed by atoms with van der Waals surface area (Å²) >= 11 is 6.67. The zero-order chi connectivity index (χ0) is 23.1. The Morgan fingerprint density at radius 1 is 1.00 bits per heavy atom. The van der Waals surface area contributed by atoms with Crippen molar-refractivity contribution in [3.8, 4) is 22.3 Å². The van der Waals surface area contributed by atoms with E-state index in [9.17, 15) is 4.79 Å². The van der Waals surface area contributed by atoms with Crippen molar-refractivity contribution in [1.29, 1.82) is 0 Å². The van der Waals surface area contributed by atoms with Gasteiger partial charge in [0.1, 0.15) is 5.60 Å². The largest absolute Gasteiger partial charge is 0.441 e. The number of aromatic nitrogens is 3. The molecule has 176 valence electrons. The number of hydrogen-bond acceptors (Lipinski definition) is 5. The lowest BCUT2D eigenvalue weighted by Crippen LogP contribution is -2.46. The highest BCUT2D eigenvalue weighted by Crippen LogP contribution is 2.40. The van der Waals surface area contributed by atoms with Crippen LogP contribution in [0, 0.1) is 0 Å². The van der Waals surface area contributed by atoms with Crippen LogP contribution >= 0.6 is 11.6 Å². The molecule has 0 atom stereocenters. The molecule has 34 heavy (non-hydrogen) atoms. The number of carbonyl (C=O) groups is 1. The third kappa shape index (κ3) is 3.92. The number of anilines is 1. The first-order valence-corrected chi connectivity index (χ1v) is 12.5. The monoisotopic (exact) mass is 477 g/mol. The first-order valence-electron chi connectivity index (χ1n) is 12.1. The molecular formula is C26H28ClN5O2. The molecule has 6 rings (SSSR count). The number of piperidine rings is 1. The summed E-state index contributed by atoms with van der Waals surface area (Å²) in [7, 11) is 0. The van der Waals surface area contributed by atoms with Crippen molar-refractivity contribution in [1.82, 2.24) is 20.1 Å². The lowest BCUT2D eigenvalue weighted by Gasteiger charge is -2.39. The van der Waals surface area contributed by atoms with Gasteiger partial charge in [0.15, 0.2) is 0 Å². The van der Waals surface area contributed by atoms with E-state index in [0.717, 1.165) is 53.9 Å². The molecule has 3 fully saturated rings. The Morgan fingerprint density at radius 2 is 1.74 bits per heavy atom. The highest BCUT2D eigenvalue weighted by molar-refractivity contribution is 6.33. The number of hydrogen-bond donors (Lipinski definition) is 1. The number of amides is 1. The SMILES string of the molecule is O=C1NCC2(CCN(c3c(Cl)cncc3-c3ccc(-c4cnn(C5CCCC5)c4)cc3)CC2)O1. The van der Waals surface area contributed by atoms with Crippen molar-refractivity contribution in [2.75, 3.05) is 24.5 Å². The van der Waals surface area contributed by atoms with E-state index in [-0.39, 0.29) is 6.09 Å². The van der Waals surface area contributed by atoms with E-state index in [4.69, 9.17) is 16.3 Å². The van der Waals surface area contributed by atoms with Crippen molar-refractivity contribution in [3.05, 3.63) is 54.1 Å². The minimum absolute atomic E-state index is 0.315. The maximum Gasteiger partial charge on any atom is 0.407 e. The molecule has 1 saturated carbocycles. The van der Waals surface area contributed by atoms with Gasteiger partial charge in [-0.15, -0.1) is 0 Å². The molecule has 3 aromatic rings. The number of alkyl carbamates (subject to hydrolysis) is 1. The number of benzene rings is 1. The number of nitrogens with zero attached hydrogens (tertiary/aromatic N) is 4. The van der Waals surface area contributed by atoms with E-state index in [2.05, 4.69) is 55.4 Å². The summed E-state index contributed by atoms with van der Waals surface area (Å²) < 4.78 is 7.71. The molecule has 1 spiro atoms. The molecule has 0 radical (unpaired) electrons. The standard InChI is InChI=1S/C26H28ClN5O2/c27-23-15-28-14-22(24(23)31-11-9-26(10-12-31)17-29-25(33)34-26)19-7-5-18(6-8-19)20-13-30-32(16-20)21-3-1-2-4-21/h5-8,13-16,21H,1-4,9-12,17H2,(H,29,33). The first-order chi connectivity index (χ1) is 16.6. The highest BCUT2D eigenvalue weighted by Gasteiger charge is 2.43. The molecule has 0 unspecified atom stereocenters. The van der Waals surface area contributed by atoms with Crippen LogP contribution in [0.2, 0.25) is 5.02 Å². The second-order valence-electron chi connectivity index (χ2n) is 9.66. The number of rotatable bonds is 4. The Labute approximate surface area is 204 Å². The van der Waals surface area contributed by atoms with Gasteiger partial charge in [-0.2, -0.15) is 5.10 Å². The molecule has 2 aromatic heterocycles. The molecule has 1 aliphatic carbocycles. The van der Waals surface area contributed by atoms with Gasteiger partial charge in [0.25, 0.3) is 0 Å². The minimum atomic E-state index is -0.391. The zero-order valence-electron chi connectivity index (χ0n) is 19.0. The normalized spacial score (nSPS) is 20.0. The summed E-state index contributed by atoms with van der Waals surface area (Å²) in [5, 5.41) is 8.06. The third-order valence-corrected chi connectivity index (χ3v) is 7.83. The van der Waals surface area contributed by atoms with Crippen molar-refractivity contribution in [3.63, 3.8) is 0 Å². The molecule has 2 aliphatic heterocycles. The van der Waals surface area contributed by atoms with Crippen molar-refractivity contribution in [2.24, 2.45) is 0 Å². The predicted octanol–water partition coefficient (Wildman–Crippen LogP) is 5.46. The Hall–Kier alpha value is -3.06. The Bertz CT molecular complexity index is 1190. The summed E-state index contributed by atoms with van der Waals surface area (Å²) in [5.74, 6) is 0. The van der Waals surface area contributed by atoms with Gasteiger partial charge in [-0.25, -0.2) is 4.79 Å². The number of nitrogens with one attached hydrogen (secondary N) is 1. The Balaban J connectivity index is 1.23. The average Bonchev–Trinajstić information content (AvgIpc) is 3.62. The number of halogens is 1. The van der Waals surface area contributed by atoms with Gasteiger partial charge < -0.3 is 15.0 Å². The molecule has 1 amide bonds. The second-order valence-corrected chi connectivity index (χ2v) is 10.1. The maximum absolute atomic E-state index is 11.6. The molecule has 7 nitrogen and oxygen atoms in total. The van der Waals surface area contributed by atoms with Crippen LogP contribution in [0.5, 0.6) is 0 Å². The fourth-order valence-electron chi connectivity index (χ4n) is 5.58. The quantitative estimate of drug-likeness (QED) is 0.540. The predicted molar refractivity (Wildman–Crippen MR) is 132 cm³/mol. The van der Waals surface area contributed by atoms with Crippen LogP contribution < -0.4 is 10.2 Å². The summed E-state index contributed by atoms with van der Waals surface area (Å²) in [6.07, 6.45) is 14.0. The molecule has 2 saturated heterocycles. The first kappa shape index (κ1) is 21.5. The molecule has 8 heteroatoms. The highest BCUT2D eigenvalue weighted by atomic mass is 35.5. The summed E-state index contributed by atoms with van der Waals surface area (Å²) in [6.45, 7) is 2.11. The smallest absolute Gasteiger partial charge is 0.407 e. The summed E-state index contributed by atoms with van der Waals surface area (Å²) in [6, 6.07) is 9.09. The van der Waals surface area contributed by atoms with Crippen LogP contribution in [-0.4, -0.2) is 46.1 Å². The summed E-state index contributed by atoms with van der Waals surface area (Å²) in [5.41, 5.74) is 4.98. The van der Waals surface area contributed by atoms with E-state index in [1.807, 2.05) is 12.4 Å². The fraction of sp³-hybridized carbons (Fsp3) is 0.423. The van der Waals surface area contributed by atoms with Gasteiger partial charge in [-0.1, -0.05) is 48.7 Å². The lowest BCUT2D eigenvalue weighted by molar-refractivity contribution is 0.0367. The number of carbonyl (C=O) groups excluding carboxylic acids is 1. The average molecular weight is 478 g/mol. The molecule has 4 heterocycles. The summed E-state index contributed by atoms with van der Waals surface area (Å²) in [4.78, 5) is 18.2. The van der Waals surface area contributed by atoms with Gasteiger partial charge in [-0.3, -0.25) is 9.67 Å². The van der Waals surface area contributed by atoms with Gasteiger partial charge >= 0.3 is 6.09 Å². The van der Waals surface area contributed by atoms with E-state index < -0.39 is 5.60 Å². The number of pyridine rings is 1. The topological polar surface area (TPSA) is 72.3 Å². The number of ether oxygens (including phenoxy) is 1. The van der Waals surface area contributed by atoms with Crippen molar-refractivity contribution >= 4 is 23.4 Å². The van der Waals surface area contributed by atoms with Crippen LogP contribution in [0.25, 0.3) is 22.3 Å². The molecule has 3 aliphatic rings. The molecule has 1 N–H and O–H groups in total.